The SMILES string of the molecule is C=CCN(C)CC=C.[V]. The summed E-state index contributed by atoms with van der Waals surface area (Å²) in [6.45, 7) is 9.09. The van der Waals surface area contributed by atoms with Crippen LogP contribution in [0, 0.1) is 0 Å². The van der Waals surface area contributed by atoms with E-state index in [4.69, 9.17) is 0 Å². The summed E-state index contributed by atoms with van der Waals surface area (Å²) < 4.78 is 0. The van der Waals surface area contributed by atoms with E-state index in [0.29, 0.717) is 0 Å². The molecule has 0 bridgehead atoms. The molecule has 51 valence electrons. The Balaban J connectivity index is 0. The van der Waals surface area contributed by atoms with Gasteiger partial charge in [0, 0.05) is 31.6 Å². The molecule has 0 aromatic heterocycles. The van der Waals surface area contributed by atoms with Crippen molar-refractivity contribution in [1.29, 1.82) is 0 Å². The van der Waals surface area contributed by atoms with Gasteiger partial charge in [-0.05, 0) is 7.05 Å². The molecule has 0 N–H and O–H groups in total. The molecule has 1 radical (unpaired) electrons. The normalized spacial score (nSPS) is 8.22. The van der Waals surface area contributed by atoms with Gasteiger partial charge in [-0.3, -0.25) is 4.90 Å². The van der Waals surface area contributed by atoms with Gasteiger partial charge in [0.05, 0.1) is 0 Å². The summed E-state index contributed by atoms with van der Waals surface area (Å²) in [4.78, 5) is 2.12. The van der Waals surface area contributed by atoms with E-state index in [2.05, 4.69) is 18.1 Å². The number of nitrogens with zero attached hydrogens (tertiary/aromatic N) is 1. The zero-order chi connectivity index (χ0) is 6.41. The molecule has 9 heavy (non-hydrogen) atoms. The fourth-order valence-corrected chi connectivity index (χ4v) is 0.515. The first-order chi connectivity index (χ1) is 3.81. The van der Waals surface area contributed by atoms with Crippen LogP contribution >= 0.6 is 0 Å². The van der Waals surface area contributed by atoms with Crippen LogP contribution in [0.2, 0.25) is 0 Å². The fraction of sp³-hybridized carbons (Fsp3) is 0.429. The molecule has 0 saturated heterocycles. The summed E-state index contributed by atoms with van der Waals surface area (Å²) in [7, 11) is 2.03. The third-order valence-electron chi connectivity index (χ3n) is 0.882. The van der Waals surface area contributed by atoms with Crippen LogP contribution in [0.15, 0.2) is 25.3 Å². The van der Waals surface area contributed by atoms with Gasteiger partial charge in [0.25, 0.3) is 0 Å². The maximum Gasteiger partial charge on any atom is 0.0160 e. The zero-order valence-corrected chi connectivity index (χ0v) is 7.27. The molecule has 0 aliphatic rings. The molecule has 0 fully saturated rings. The second-order valence-corrected chi connectivity index (χ2v) is 1.80. The molecule has 0 spiro atoms. The third kappa shape index (κ3) is 8.02. The average molecular weight is 162 g/mol. The van der Waals surface area contributed by atoms with Gasteiger partial charge in [-0.1, -0.05) is 12.2 Å². The molecule has 0 heterocycles. The maximum absolute atomic E-state index is 3.61. The van der Waals surface area contributed by atoms with E-state index in [9.17, 15) is 0 Å². The molecule has 0 rings (SSSR count). The molecule has 0 aliphatic carbocycles. The van der Waals surface area contributed by atoms with Gasteiger partial charge in [0.2, 0.25) is 0 Å². The molecule has 0 amide bonds. The van der Waals surface area contributed by atoms with Crippen LogP contribution < -0.4 is 0 Å². The van der Waals surface area contributed by atoms with E-state index in [1.54, 1.807) is 0 Å². The van der Waals surface area contributed by atoms with E-state index in [1.165, 1.54) is 0 Å². The Morgan fingerprint density at radius 2 is 1.56 bits per heavy atom. The second-order valence-electron chi connectivity index (χ2n) is 1.80. The fourth-order valence-electron chi connectivity index (χ4n) is 0.515. The monoisotopic (exact) mass is 162 g/mol. The quantitative estimate of drug-likeness (QED) is 0.563. The van der Waals surface area contributed by atoms with Crippen LogP contribution in [-0.2, 0) is 18.6 Å². The molecule has 2 heteroatoms. The molecule has 0 aliphatic heterocycles. The van der Waals surface area contributed by atoms with Crippen molar-refractivity contribution in [2.24, 2.45) is 0 Å². The molecule has 0 atom stereocenters. The molecular weight excluding hydrogens is 149 g/mol. The van der Waals surface area contributed by atoms with Gasteiger partial charge in [0.15, 0.2) is 0 Å². The Morgan fingerprint density at radius 3 is 1.78 bits per heavy atom. The summed E-state index contributed by atoms with van der Waals surface area (Å²) in [6.07, 6.45) is 3.76. The number of hydrogen-bond acceptors (Lipinski definition) is 1. The standard InChI is InChI=1S/C7H13N.V/c1-4-6-8(3)7-5-2;/h4-5H,1-2,6-7H2,3H3;. The Bertz CT molecular complexity index is 71.0. The Hall–Kier alpha value is 0.0244. The van der Waals surface area contributed by atoms with E-state index in [1.807, 2.05) is 19.2 Å². The van der Waals surface area contributed by atoms with Crippen LogP contribution in [0.5, 0.6) is 0 Å². The summed E-state index contributed by atoms with van der Waals surface area (Å²) in [5.41, 5.74) is 0. The first-order valence-electron chi connectivity index (χ1n) is 2.71. The Kier molecular flexibility index (Phi) is 10.5. The zero-order valence-electron chi connectivity index (χ0n) is 5.88. The van der Waals surface area contributed by atoms with Crippen LogP contribution in [0.3, 0.4) is 0 Å². The van der Waals surface area contributed by atoms with E-state index in [0.717, 1.165) is 13.1 Å². The molecule has 0 unspecified atom stereocenters. The van der Waals surface area contributed by atoms with Crippen molar-refractivity contribution in [3.8, 4) is 0 Å². The van der Waals surface area contributed by atoms with Crippen molar-refractivity contribution in [3.63, 3.8) is 0 Å². The van der Waals surface area contributed by atoms with Crippen molar-refractivity contribution in [2.75, 3.05) is 20.1 Å². The van der Waals surface area contributed by atoms with Gasteiger partial charge in [-0.2, -0.15) is 0 Å². The minimum absolute atomic E-state index is 0. The van der Waals surface area contributed by atoms with Crippen molar-refractivity contribution in [1.82, 2.24) is 4.90 Å². The van der Waals surface area contributed by atoms with E-state index < -0.39 is 0 Å². The second kappa shape index (κ2) is 8.02. The maximum atomic E-state index is 3.61. The van der Waals surface area contributed by atoms with Crippen LogP contribution in [0.4, 0.5) is 0 Å². The Morgan fingerprint density at radius 1 is 1.22 bits per heavy atom. The molecule has 0 saturated carbocycles. The predicted molar refractivity (Wildman–Crippen MR) is 37.9 cm³/mol. The smallest absolute Gasteiger partial charge is 0.0160 e. The van der Waals surface area contributed by atoms with Crippen molar-refractivity contribution in [3.05, 3.63) is 25.3 Å². The first-order valence-corrected chi connectivity index (χ1v) is 2.71. The average Bonchev–Trinajstić information content (AvgIpc) is 1.68. The van der Waals surface area contributed by atoms with Crippen molar-refractivity contribution in [2.45, 2.75) is 0 Å². The summed E-state index contributed by atoms with van der Waals surface area (Å²) in [5, 5.41) is 0. The topological polar surface area (TPSA) is 3.24 Å². The van der Waals surface area contributed by atoms with E-state index >= 15 is 0 Å². The van der Waals surface area contributed by atoms with Gasteiger partial charge < -0.3 is 0 Å². The Labute approximate surface area is 69.3 Å². The number of hydrogen-bond donors (Lipinski definition) is 0. The third-order valence-corrected chi connectivity index (χ3v) is 0.882. The first kappa shape index (κ1) is 11.8. The van der Waals surface area contributed by atoms with Crippen LogP contribution in [0.1, 0.15) is 0 Å². The summed E-state index contributed by atoms with van der Waals surface area (Å²) in [6, 6.07) is 0. The van der Waals surface area contributed by atoms with Crippen LogP contribution in [-0.4, -0.2) is 25.0 Å². The molecular formula is C7H13NV. The van der Waals surface area contributed by atoms with Crippen molar-refractivity contribution < 1.29 is 18.6 Å². The summed E-state index contributed by atoms with van der Waals surface area (Å²) >= 11 is 0. The minimum Gasteiger partial charge on any atom is -0.299 e. The summed E-state index contributed by atoms with van der Waals surface area (Å²) in [5.74, 6) is 0. The van der Waals surface area contributed by atoms with E-state index in [-0.39, 0.29) is 18.6 Å². The van der Waals surface area contributed by atoms with Crippen molar-refractivity contribution >= 4 is 0 Å². The van der Waals surface area contributed by atoms with Gasteiger partial charge in [-0.15, -0.1) is 13.2 Å². The number of likely N-dealkylation sites (N-methyl/N-ethyl adjacent to an activating group) is 1. The molecule has 0 aromatic rings. The van der Waals surface area contributed by atoms with Gasteiger partial charge >= 0.3 is 0 Å². The van der Waals surface area contributed by atoms with Gasteiger partial charge in [-0.25, -0.2) is 0 Å². The van der Waals surface area contributed by atoms with Crippen LogP contribution in [0.25, 0.3) is 0 Å². The minimum atomic E-state index is 0. The largest absolute Gasteiger partial charge is 0.299 e. The predicted octanol–water partition coefficient (Wildman–Crippen LogP) is 1.29. The molecule has 1 nitrogen and oxygen atoms in total. The number of rotatable bonds is 4. The molecule has 0 aromatic carbocycles. The van der Waals surface area contributed by atoms with Gasteiger partial charge in [0.1, 0.15) is 0 Å².